The molecule has 1 aliphatic carbocycles. The van der Waals surface area contributed by atoms with Gasteiger partial charge in [-0.1, -0.05) is 61.4 Å². The molecule has 0 atom stereocenters. The quantitative estimate of drug-likeness (QED) is 0.641. The van der Waals surface area contributed by atoms with Crippen molar-refractivity contribution in [1.29, 1.82) is 0 Å². The Balaban J connectivity index is 2.15. The third kappa shape index (κ3) is 2.68. The van der Waals surface area contributed by atoms with E-state index in [1.807, 2.05) is 12.1 Å². The Morgan fingerprint density at radius 2 is 1.68 bits per heavy atom. The lowest BCUT2D eigenvalue weighted by molar-refractivity contribution is -0.137. The van der Waals surface area contributed by atoms with Crippen molar-refractivity contribution in [2.45, 2.75) is 32.4 Å². The van der Waals surface area contributed by atoms with Crippen LogP contribution in [-0.4, -0.2) is 0 Å². The molecule has 0 unspecified atom stereocenters. The van der Waals surface area contributed by atoms with Crippen molar-refractivity contribution in [3.63, 3.8) is 0 Å². The van der Waals surface area contributed by atoms with Crippen LogP contribution in [0.4, 0.5) is 13.2 Å². The normalized spacial score (nSPS) is 13.9. The minimum atomic E-state index is -4.34. The SMILES string of the molecule is CCCC1=Cc2c(cccc2-c2ccccc2C(F)(F)F)C1. The van der Waals surface area contributed by atoms with Crippen LogP contribution in [0.2, 0.25) is 0 Å². The van der Waals surface area contributed by atoms with Crippen molar-refractivity contribution in [3.8, 4) is 11.1 Å². The number of halogens is 3. The number of alkyl halides is 3. The van der Waals surface area contributed by atoms with Crippen LogP contribution in [0.5, 0.6) is 0 Å². The van der Waals surface area contributed by atoms with Crippen molar-refractivity contribution >= 4 is 6.08 Å². The second-order valence-corrected chi connectivity index (χ2v) is 5.65. The Labute approximate surface area is 128 Å². The molecule has 0 heterocycles. The van der Waals surface area contributed by atoms with Crippen LogP contribution in [0.15, 0.2) is 48.0 Å². The predicted molar refractivity (Wildman–Crippen MR) is 83.5 cm³/mol. The molecule has 2 aromatic rings. The summed E-state index contributed by atoms with van der Waals surface area (Å²) >= 11 is 0. The number of benzene rings is 2. The van der Waals surface area contributed by atoms with Gasteiger partial charge in [0.1, 0.15) is 0 Å². The first-order valence-corrected chi connectivity index (χ1v) is 7.48. The molecule has 2 aromatic carbocycles. The first-order chi connectivity index (χ1) is 10.5. The largest absolute Gasteiger partial charge is 0.417 e. The first kappa shape index (κ1) is 14.9. The van der Waals surface area contributed by atoms with Crippen LogP contribution in [-0.2, 0) is 12.6 Å². The lowest BCUT2D eigenvalue weighted by atomic mass is 9.93. The zero-order chi connectivity index (χ0) is 15.7. The maximum atomic E-state index is 13.3. The van der Waals surface area contributed by atoms with E-state index in [4.69, 9.17) is 0 Å². The van der Waals surface area contributed by atoms with Gasteiger partial charge in [-0.25, -0.2) is 0 Å². The minimum Gasteiger partial charge on any atom is -0.166 e. The molecule has 114 valence electrons. The summed E-state index contributed by atoms with van der Waals surface area (Å²) in [7, 11) is 0. The van der Waals surface area contributed by atoms with Gasteiger partial charge < -0.3 is 0 Å². The highest BCUT2D eigenvalue weighted by Crippen LogP contribution is 2.41. The van der Waals surface area contributed by atoms with Gasteiger partial charge in [-0.15, -0.1) is 0 Å². The Morgan fingerprint density at radius 3 is 2.41 bits per heavy atom. The number of fused-ring (bicyclic) bond motifs is 1. The highest BCUT2D eigenvalue weighted by atomic mass is 19.4. The molecule has 0 amide bonds. The maximum absolute atomic E-state index is 13.3. The lowest BCUT2D eigenvalue weighted by Gasteiger charge is -2.15. The summed E-state index contributed by atoms with van der Waals surface area (Å²) in [6.45, 7) is 2.11. The van der Waals surface area contributed by atoms with Crippen molar-refractivity contribution in [2.75, 3.05) is 0 Å². The van der Waals surface area contributed by atoms with Crippen molar-refractivity contribution < 1.29 is 13.2 Å². The Hall–Kier alpha value is -2.03. The molecule has 0 saturated heterocycles. The average Bonchev–Trinajstić information content (AvgIpc) is 2.89. The number of hydrogen-bond donors (Lipinski definition) is 0. The average molecular weight is 302 g/mol. The molecule has 3 heteroatoms. The molecule has 0 aromatic heterocycles. The molecule has 0 bridgehead atoms. The summed E-state index contributed by atoms with van der Waals surface area (Å²) in [4.78, 5) is 0. The second-order valence-electron chi connectivity index (χ2n) is 5.65. The van der Waals surface area contributed by atoms with Gasteiger partial charge in [0, 0.05) is 0 Å². The fraction of sp³-hybridized carbons (Fsp3) is 0.263. The summed E-state index contributed by atoms with van der Waals surface area (Å²) < 4.78 is 39.8. The molecule has 22 heavy (non-hydrogen) atoms. The summed E-state index contributed by atoms with van der Waals surface area (Å²) in [6.07, 6.45) is 0.629. The topological polar surface area (TPSA) is 0 Å². The van der Waals surface area contributed by atoms with E-state index in [0.29, 0.717) is 5.56 Å². The second kappa shape index (κ2) is 5.64. The number of allylic oxidation sites excluding steroid dienone is 1. The zero-order valence-corrected chi connectivity index (χ0v) is 12.4. The molecule has 0 nitrogen and oxygen atoms in total. The summed E-state index contributed by atoms with van der Waals surface area (Å²) in [6, 6.07) is 11.5. The van der Waals surface area contributed by atoms with Gasteiger partial charge in [0.15, 0.2) is 0 Å². The zero-order valence-electron chi connectivity index (χ0n) is 12.4. The van der Waals surface area contributed by atoms with E-state index in [-0.39, 0.29) is 5.56 Å². The van der Waals surface area contributed by atoms with Crippen molar-refractivity contribution in [1.82, 2.24) is 0 Å². The number of rotatable bonds is 3. The van der Waals surface area contributed by atoms with E-state index in [2.05, 4.69) is 13.0 Å². The third-order valence-electron chi connectivity index (χ3n) is 4.06. The third-order valence-corrected chi connectivity index (χ3v) is 4.06. The minimum absolute atomic E-state index is 0.265. The molecule has 1 aliphatic rings. The van der Waals surface area contributed by atoms with E-state index in [0.717, 1.165) is 36.5 Å². The predicted octanol–water partition coefficient (Wildman–Crippen LogP) is 6.11. The van der Waals surface area contributed by atoms with Crippen LogP contribution in [0.25, 0.3) is 17.2 Å². The number of hydrogen-bond acceptors (Lipinski definition) is 0. The molecule has 0 radical (unpaired) electrons. The van der Waals surface area contributed by atoms with Gasteiger partial charge in [0.2, 0.25) is 0 Å². The van der Waals surface area contributed by atoms with Crippen molar-refractivity contribution in [2.24, 2.45) is 0 Å². The molecule has 3 rings (SSSR count). The summed E-state index contributed by atoms with van der Waals surface area (Å²) in [5.74, 6) is 0. The van der Waals surface area contributed by atoms with Gasteiger partial charge in [-0.2, -0.15) is 13.2 Å². The van der Waals surface area contributed by atoms with Crippen LogP contribution in [0.1, 0.15) is 36.5 Å². The smallest absolute Gasteiger partial charge is 0.166 e. The van der Waals surface area contributed by atoms with Crippen LogP contribution < -0.4 is 0 Å². The molecular weight excluding hydrogens is 285 g/mol. The first-order valence-electron chi connectivity index (χ1n) is 7.48. The highest BCUT2D eigenvalue weighted by Gasteiger charge is 2.34. The van der Waals surface area contributed by atoms with Crippen LogP contribution in [0.3, 0.4) is 0 Å². The summed E-state index contributed by atoms with van der Waals surface area (Å²) in [5, 5.41) is 0. The highest BCUT2D eigenvalue weighted by molar-refractivity contribution is 5.82. The fourth-order valence-corrected chi connectivity index (χ4v) is 3.12. The Kier molecular flexibility index (Phi) is 3.81. The molecule has 0 aliphatic heterocycles. The monoisotopic (exact) mass is 302 g/mol. The summed E-state index contributed by atoms with van der Waals surface area (Å²) in [5.41, 5.74) is 3.74. The molecular formula is C19H17F3. The van der Waals surface area contributed by atoms with Crippen molar-refractivity contribution in [3.05, 3.63) is 64.7 Å². The van der Waals surface area contributed by atoms with E-state index in [9.17, 15) is 13.2 Å². The van der Waals surface area contributed by atoms with Gasteiger partial charge in [0.05, 0.1) is 5.56 Å². The fourth-order valence-electron chi connectivity index (χ4n) is 3.12. The molecule has 0 N–H and O–H groups in total. The molecule has 0 fully saturated rings. The Morgan fingerprint density at radius 1 is 0.955 bits per heavy atom. The molecule has 0 spiro atoms. The van der Waals surface area contributed by atoms with Crippen LogP contribution in [0, 0.1) is 0 Å². The van der Waals surface area contributed by atoms with Crippen LogP contribution >= 0.6 is 0 Å². The Bertz CT molecular complexity index is 724. The van der Waals surface area contributed by atoms with E-state index < -0.39 is 11.7 Å². The van der Waals surface area contributed by atoms with E-state index in [1.165, 1.54) is 11.6 Å². The lowest BCUT2D eigenvalue weighted by Crippen LogP contribution is -2.07. The molecule has 0 saturated carbocycles. The van der Waals surface area contributed by atoms with E-state index >= 15 is 0 Å². The van der Waals surface area contributed by atoms with Gasteiger partial charge >= 0.3 is 6.18 Å². The van der Waals surface area contributed by atoms with Gasteiger partial charge in [-0.3, -0.25) is 0 Å². The van der Waals surface area contributed by atoms with Gasteiger partial charge in [-0.05, 0) is 41.2 Å². The maximum Gasteiger partial charge on any atom is 0.417 e. The standard InChI is InChI=1S/C19H17F3/c1-2-6-13-11-14-7-5-9-15(17(14)12-13)16-8-3-4-10-18(16)19(20,21)22/h3-5,7-10,12H,2,6,11H2,1H3. The van der Waals surface area contributed by atoms with E-state index in [1.54, 1.807) is 18.2 Å². The van der Waals surface area contributed by atoms with Gasteiger partial charge in [0.25, 0.3) is 0 Å².